The first-order valence-electron chi connectivity index (χ1n) is 6.52. The Balaban J connectivity index is 2.22. The fourth-order valence-electron chi connectivity index (χ4n) is 2.01. The maximum absolute atomic E-state index is 12.5. The van der Waals surface area contributed by atoms with Crippen LogP contribution < -0.4 is 5.32 Å². The molecule has 0 atom stereocenters. The van der Waals surface area contributed by atoms with E-state index in [0.29, 0.717) is 16.3 Å². The van der Waals surface area contributed by atoms with E-state index in [-0.39, 0.29) is 5.91 Å². The molecule has 0 spiro atoms. The number of nitrogens with zero attached hydrogens (tertiary/aromatic N) is 1. The van der Waals surface area contributed by atoms with Gasteiger partial charge in [-0.05, 0) is 49.7 Å². The molecule has 106 valence electrons. The molecule has 0 unspecified atom stereocenters. The number of benzene rings is 2. The highest BCUT2D eigenvalue weighted by Crippen LogP contribution is 2.30. The van der Waals surface area contributed by atoms with Crippen LogP contribution in [-0.4, -0.2) is 5.91 Å². The van der Waals surface area contributed by atoms with E-state index >= 15 is 0 Å². The number of amides is 1. The Labute approximate surface area is 129 Å². The van der Waals surface area contributed by atoms with Gasteiger partial charge in [0, 0.05) is 10.7 Å². The number of anilines is 1. The largest absolute Gasteiger partial charge is 0.325 e. The molecule has 0 saturated heterocycles. The second kappa shape index (κ2) is 5.99. The van der Waals surface area contributed by atoms with E-state index in [0.717, 1.165) is 5.56 Å². The Kier molecular flexibility index (Phi) is 4.30. The van der Waals surface area contributed by atoms with Crippen LogP contribution in [0, 0.1) is 11.3 Å². The molecule has 0 bridgehead atoms. The second-order valence-corrected chi connectivity index (χ2v) is 5.66. The van der Waals surface area contributed by atoms with Crippen LogP contribution in [0.4, 0.5) is 5.69 Å². The van der Waals surface area contributed by atoms with Crippen molar-refractivity contribution in [2.75, 3.05) is 5.32 Å². The first kappa shape index (κ1) is 15.1. The van der Waals surface area contributed by atoms with Crippen molar-refractivity contribution in [2.45, 2.75) is 19.3 Å². The number of carbonyl (C=O) groups is 1. The van der Waals surface area contributed by atoms with Gasteiger partial charge in [-0.2, -0.15) is 5.26 Å². The Bertz CT molecular complexity index is 699. The van der Waals surface area contributed by atoms with E-state index < -0.39 is 5.41 Å². The predicted octanol–water partition coefficient (Wildman–Crippen LogP) is 4.13. The summed E-state index contributed by atoms with van der Waals surface area (Å²) in [6.07, 6.45) is 0. The van der Waals surface area contributed by atoms with Gasteiger partial charge in [-0.15, -0.1) is 0 Å². The van der Waals surface area contributed by atoms with E-state index in [1.165, 1.54) is 0 Å². The molecule has 0 aliphatic rings. The maximum atomic E-state index is 12.5. The standard InChI is InChI=1S/C17H15ClN2O/c1-17(2,14-5-3-4-6-15(14)18)16(21)20-13-9-7-12(11-19)8-10-13/h3-10H,1-2H3,(H,20,21). The lowest BCUT2D eigenvalue weighted by molar-refractivity contribution is -0.120. The SMILES string of the molecule is CC(C)(C(=O)Nc1ccc(C#N)cc1)c1ccccc1Cl. The van der Waals surface area contributed by atoms with Crippen molar-refractivity contribution in [3.05, 3.63) is 64.7 Å². The van der Waals surface area contributed by atoms with Crippen molar-refractivity contribution >= 4 is 23.2 Å². The van der Waals surface area contributed by atoms with Crippen LogP contribution in [0.5, 0.6) is 0 Å². The zero-order valence-corrected chi connectivity index (χ0v) is 12.6. The van der Waals surface area contributed by atoms with E-state index in [2.05, 4.69) is 5.32 Å². The molecule has 0 radical (unpaired) electrons. The average molecular weight is 299 g/mol. The summed E-state index contributed by atoms with van der Waals surface area (Å²) in [7, 11) is 0. The van der Waals surface area contributed by atoms with Crippen LogP contribution in [0.25, 0.3) is 0 Å². The third-order valence-corrected chi connectivity index (χ3v) is 3.72. The summed E-state index contributed by atoms with van der Waals surface area (Å²) in [6, 6.07) is 16.1. The highest BCUT2D eigenvalue weighted by molar-refractivity contribution is 6.31. The molecular formula is C17H15ClN2O. The van der Waals surface area contributed by atoms with Crippen molar-refractivity contribution < 1.29 is 4.79 Å². The van der Waals surface area contributed by atoms with Crippen LogP contribution in [-0.2, 0) is 10.2 Å². The molecule has 1 amide bonds. The Morgan fingerprint density at radius 3 is 2.33 bits per heavy atom. The Morgan fingerprint density at radius 2 is 1.76 bits per heavy atom. The van der Waals surface area contributed by atoms with E-state index in [4.69, 9.17) is 16.9 Å². The molecular weight excluding hydrogens is 284 g/mol. The summed E-state index contributed by atoms with van der Waals surface area (Å²) in [6.45, 7) is 3.65. The smallest absolute Gasteiger partial charge is 0.234 e. The summed E-state index contributed by atoms with van der Waals surface area (Å²) in [5.74, 6) is -0.152. The number of carbonyl (C=O) groups excluding carboxylic acids is 1. The lowest BCUT2D eigenvalue weighted by Gasteiger charge is -2.25. The number of halogens is 1. The summed E-state index contributed by atoms with van der Waals surface area (Å²) in [5.41, 5.74) is 1.22. The molecule has 1 N–H and O–H groups in total. The van der Waals surface area contributed by atoms with Crippen LogP contribution in [0.1, 0.15) is 25.0 Å². The summed E-state index contributed by atoms with van der Waals surface area (Å²) in [5, 5.41) is 12.2. The van der Waals surface area contributed by atoms with Gasteiger partial charge in [-0.1, -0.05) is 29.8 Å². The van der Waals surface area contributed by atoms with Gasteiger partial charge in [-0.3, -0.25) is 4.79 Å². The molecule has 0 aliphatic heterocycles. The molecule has 0 aromatic heterocycles. The molecule has 21 heavy (non-hydrogen) atoms. The Hall–Kier alpha value is -2.31. The van der Waals surface area contributed by atoms with Gasteiger partial charge in [0.25, 0.3) is 0 Å². The minimum absolute atomic E-state index is 0.152. The summed E-state index contributed by atoms with van der Waals surface area (Å²) < 4.78 is 0. The molecule has 3 nitrogen and oxygen atoms in total. The molecule has 4 heteroatoms. The number of rotatable bonds is 3. The monoisotopic (exact) mass is 298 g/mol. The number of hydrogen-bond donors (Lipinski definition) is 1. The molecule has 0 saturated carbocycles. The quantitative estimate of drug-likeness (QED) is 0.926. The van der Waals surface area contributed by atoms with Gasteiger partial charge in [-0.25, -0.2) is 0 Å². The molecule has 0 fully saturated rings. The molecule has 0 aliphatic carbocycles. The zero-order valence-electron chi connectivity index (χ0n) is 11.9. The number of hydrogen-bond acceptors (Lipinski definition) is 2. The second-order valence-electron chi connectivity index (χ2n) is 5.25. The normalized spacial score (nSPS) is 10.8. The fourth-order valence-corrected chi connectivity index (χ4v) is 2.38. The molecule has 0 heterocycles. The van der Waals surface area contributed by atoms with Crippen molar-refractivity contribution in [2.24, 2.45) is 0 Å². The van der Waals surface area contributed by atoms with Crippen LogP contribution in [0.15, 0.2) is 48.5 Å². The van der Waals surface area contributed by atoms with Crippen LogP contribution >= 0.6 is 11.6 Å². The first-order chi connectivity index (χ1) is 9.95. The van der Waals surface area contributed by atoms with Crippen molar-refractivity contribution in [3.8, 4) is 6.07 Å². The average Bonchev–Trinajstić information content (AvgIpc) is 2.48. The third kappa shape index (κ3) is 3.24. The minimum atomic E-state index is -0.758. The van der Waals surface area contributed by atoms with E-state index in [1.54, 1.807) is 30.3 Å². The molecule has 2 aromatic rings. The third-order valence-electron chi connectivity index (χ3n) is 3.39. The topological polar surface area (TPSA) is 52.9 Å². The zero-order chi connectivity index (χ0) is 15.5. The predicted molar refractivity (Wildman–Crippen MR) is 84.3 cm³/mol. The van der Waals surface area contributed by atoms with Gasteiger partial charge in [0.1, 0.15) is 0 Å². The lowest BCUT2D eigenvalue weighted by Crippen LogP contribution is -2.35. The van der Waals surface area contributed by atoms with Crippen LogP contribution in [0.2, 0.25) is 5.02 Å². The number of nitrogens with one attached hydrogen (secondary N) is 1. The van der Waals surface area contributed by atoms with Crippen molar-refractivity contribution in [1.29, 1.82) is 5.26 Å². The van der Waals surface area contributed by atoms with E-state index in [1.807, 2.05) is 38.1 Å². The van der Waals surface area contributed by atoms with Crippen LogP contribution in [0.3, 0.4) is 0 Å². The van der Waals surface area contributed by atoms with Crippen molar-refractivity contribution in [1.82, 2.24) is 0 Å². The number of nitriles is 1. The maximum Gasteiger partial charge on any atom is 0.234 e. The summed E-state index contributed by atoms with van der Waals surface area (Å²) >= 11 is 6.18. The first-order valence-corrected chi connectivity index (χ1v) is 6.89. The lowest BCUT2D eigenvalue weighted by atomic mass is 9.83. The van der Waals surface area contributed by atoms with Gasteiger partial charge < -0.3 is 5.32 Å². The van der Waals surface area contributed by atoms with Gasteiger partial charge in [0.2, 0.25) is 5.91 Å². The Morgan fingerprint density at radius 1 is 1.14 bits per heavy atom. The molecule has 2 aromatic carbocycles. The van der Waals surface area contributed by atoms with Gasteiger partial charge >= 0.3 is 0 Å². The highest BCUT2D eigenvalue weighted by atomic mass is 35.5. The highest BCUT2D eigenvalue weighted by Gasteiger charge is 2.31. The minimum Gasteiger partial charge on any atom is -0.325 e. The fraction of sp³-hybridized carbons (Fsp3) is 0.176. The van der Waals surface area contributed by atoms with Gasteiger partial charge in [0.05, 0.1) is 17.0 Å². The molecule has 2 rings (SSSR count). The van der Waals surface area contributed by atoms with Crippen molar-refractivity contribution in [3.63, 3.8) is 0 Å². The van der Waals surface area contributed by atoms with Gasteiger partial charge in [0.15, 0.2) is 0 Å². The summed E-state index contributed by atoms with van der Waals surface area (Å²) in [4.78, 5) is 12.5. The van der Waals surface area contributed by atoms with E-state index in [9.17, 15) is 4.79 Å².